The highest BCUT2D eigenvalue weighted by Gasteiger charge is 2.30. The number of piperazine rings is 1. The van der Waals surface area contributed by atoms with Crippen LogP contribution in [0.4, 0.5) is 10.5 Å². The minimum atomic E-state index is -0.970. The first-order chi connectivity index (χ1) is 19.6. The molecule has 2 amide bonds. The van der Waals surface area contributed by atoms with Crippen LogP contribution in [0.5, 0.6) is 0 Å². The number of fused-ring (bicyclic) bond motifs is 1. The first kappa shape index (κ1) is 31.3. The maximum Gasteiger partial charge on any atom is 0.407 e. The second-order valence-corrected chi connectivity index (χ2v) is 12.9. The van der Waals surface area contributed by atoms with Crippen molar-refractivity contribution in [1.29, 1.82) is 0 Å². The number of pyridine rings is 1. The molecule has 1 saturated carbocycles. The summed E-state index contributed by atoms with van der Waals surface area (Å²) in [7, 11) is 0. The van der Waals surface area contributed by atoms with Gasteiger partial charge in [0.05, 0.1) is 5.52 Å². The molecule has 2 fully saturated rings. The Hall–Kier alpha value is -2.62. The fourth-order valence-corrected chi connectivity index (χ4v) is 5.70. The van der Waals surface area contributed by atoms with Crippen molar-refractivity contribution in [2.45, 2.75) is 58.4 Å². The molecule has 1 aliphatic carbocycles. The Morgan fingerprint density at radius 1 is 1.05 bits per heavy atom. The molecule has 9 nitrogen and oxygen atoms in total. The molecule has 1 saturated heterocycles. The lowest BCUT2D eigenvalue weighted by atomic mass is 10.1. The van der Waals surface area contributed by atoms with Crippen LogP contribution in [0, 0.1) is 5.92 Å². The van der Waals surface area contributed by atoms with Crippen molar-refractivity contribution in [2.24, 2.45) is 5.92 Å². The van der Waals surface area contributed by atoms with E-state index in [1.165, 1.54) is 17.7 Å². The SMILES string of the molecule is CC(C)(C)N(CCC(=O)N(CCCN1CCN(CCCNc2ccnc3cc(Cl)ccc23)CC1)CC1CC1)C(=O)O. The molecule has 226 valence electrons. The van der Waals surface area contributed by atoms with E-state index < -0.39 is 11.6 Å². The van der Waals surface area contributed by atoms with Gasteiger partial charge in [-0.25, -0.2) is 4.79 Å². The molecule has 2 aromatic rings. The molecule has 10 heteroatoms. The van der Waals surface area contributed by atoms with Crippen molar-refractivity contribution in [2.75, 3.05) is 70.8 Å². The Morgan fingerprint density at radius 3 is 2.37 bits per heavy atom. The van der Waals surface area contributed by atoms with E-state index in [2.05, 4.69) is 20.1 Å². The number of nitrogens with zero attached hydrogens (tertiary/aromatic N) is 5. The summed E-state index contributed by atoms with van der Waals surface area (Å²) in [6, 6.07) is 7.84. The molecular formula is C31H47ClN6O3. The summed E-state index contributed by atoms with van der Waals surface area (Å²) in [5.74, 6) is 0.695. The summed E-state index contributed by atoms with van der Waals surface area (Å²) in [6.45, 7) is 14.6. The fourth-order valence-electron chi connectivity index (χ4n) is 5.54. The van der Waals surface area contributed by atoms with Crippen LogP contribution in [-0.4, -0.2) is 113 Å². The van der Waals surface area contributed by atoms with E-state index in [0.717, 1.165) is 88.3 Å². The van der Waals surface area contributed by atoms with E-state index in [-0.39, 0.29) is 18.9 Å². The molecule has 1 aliphatic heterocycles. The van der Waals surface area contributed by atoms with Gasteiger partial charge in [-0.1, -0.05) is 11.6 Å². The van der Waals surface area contributed by atoms with E-state index in [0.29, 0.717) is 10.9 Å². The number of benzene rings is 1. The van der Waals surface area contributed by atoms with Crippen LogP contribution >= 0.6 is 11.6 Å². The molecule has 2 heterocycles. The van der Waals surface area contributed by atoms with Gasteiger partial charge in [0.1, 0.15) is 0 Å². The fraction of sp³-hybridized carbons (Fsp3) is 0.645. The topological polar surface area (TPSA) is 92.3 Å². The number of carbonyl (C=O) groups excluding carboxylic acids is 1. The van der Waals surface area contributed by atoms with Crippen LogP contribution in [0.3, 0.4) is 0 Å². The lowest BCUT2D eigenvalue weighted by molar-refractivity contribution is -0.132. The van der Waals surface area contributed by atoms with Crippen LogP contribution in [0.1, 0.15) is 52.9 Å². The molecule has 1 aromatic carbocycles. The maximum absolute atomic E-state index is 13.1. The van der Waals surface area contributed by atoms with Gasteiger partial charge in [-0.15, -0.1) is 0 Å². The van der Waals surface area contributed by atoms with Crippen LogP contribution < -0.4 is 5.32 Å². The third-order valence-electron chi connectivity index (χ3n) is 8.16. The van der Waals surface area contributed by atoms with Crippen LogP contribution in [-0.2, 0) is 4.79 Å². The number of nitrogens with one attached hydrogen (secondary N) is 1. The number of anilines is 1. The van der Waals surface area contributed by atoms with E-state index in [1.807, 2.05) is 56.1 Å². The Morgan fingerprint density at radius 2 is 1.73 bits per heavy atom. The van der Waals surface area contributed by atoms with E-state index in [1.54, 1.807) is 0 Å². The summed E-state index contributed by atoms with van der Waals surface area (Å²) >= 11 is 6.11. The lowest BCUT2D eigenvalue weighted by Gasteiger charge is -2.35. The van der Waals surface area contributed by atoms with Crippen LogP contribution in [0.2, 0.25) is 5.02 Å². The van der Waals surface area contributed by atoms with Crippen molar-refractivity contribution in [3.05, 3.63) is 35.5 Å². The zero-order chi connectivity index (χ0) is 29.4. The third kappa shape index (κ3) is 9.72. The standard InChI is InChI=1S/C31H47ClN6O3/c1-31(2,3)38(30(40)41)17-11-29(39)37(23-24-6-7-24)16-5-15-36-20-18-35(19-21-36)14-4-12-33-27-10-13-34-28-22-25(32)8-9-26(27)28/h8-10,13,22,24H,4-7,11-12,14-21,23H2,1-3H3,(H,33,34)(H,40,41). The summed E-state index contributed by atoms with van der Waals surface area (Å²) < 4.78 is 0. The number of aromatic nitrogens is 1. The number of amides is 2. The highest BCUT2D eigenvalue weighted by Crippen LogP contribution is 2.30. The zero-order valence-electron chi connectivity index (χ0n) is 24.9. The largest absolute Gasteiger partial charge is 0.465 e. The predicted molar refractivity (Wildman–Crippen MR) is 166 cm³/mol. The Balaban J connectivity index is 1.13. The molecule has 0 radical (unpaired) electrons. The van der Waals surface area contributed by atoms with Gasteiger partial charge in [0.15, 0.2) is 0 Å². The smallest absolute Gasteiger partial charge is 0.407 e. The molecule has 2 aliphatic rings. The molecule has 0 unspecified atom stereocenters. The second kappa shape index (κ2) is 14.5. The number of carbonyl (C=O) groups is 2. The summed E-state index contributed by atoms with van der Waals surface area (Å²) in [6.07, 6.45) is 5.51. The highest BCUT2D eigenvalue weighted by molar-refractivity contribution is 6.31. The van der Waals surface area contributed by atoms with Crippen molar-refractivity contribution in [3.63, 3.8) is 0 Å². The van der Waals surface area contributed by atoms with Crippen molar-refractivity contribution in [1.82, 2.24) is 24.6 Å². The lowest BCUT2D eigenvalue weighted by Crippen LogP contribution is -2.48. The van der Waals surface area contributed by atoms with Crippen molar-refractivity contribution >= 4 is 40.2 Å². The van der Waals surface area contributed by atoms with Gasteiger partial charge in [0.25, 0.3) is 0 Å². The van der Waals surface area contributed by atoms with E-state index in [9.17, 15) is 14.7 Å². The summed E-state index contributed by atoms with van der Waals surface area (Å²) in [5, 5.41) is 14.9. The van der Waals surface area contributed by atoms with Gasteiger partial charge >= 0.3 is 6.09 Å². The number of carboxylic acid groups (broad SMARTS) is 1. The minimum absolute atomic E-state index is 0.0781. The number of rotatable bonds is 14. The molecular weight excluding hydrogens is 540 g/mol. The number of halogens is 1. The molecule has 0 spiro atoms. The molecule has 1 aromatic heterocycles. The van der Waals surface area contributed by atoms with Gasteiger partial charge in [-0.2, -0.15) is 0 Å². The second-order valence-electron chi connectivity index (χ2n) is 12.5. The number of hydrogen-bond acceptors (Lipinski definition) is 6. The van der Waals surface area contributed by atoms with E-state index in [4.69, 9.17) is 11.6 Å². The third-order valence-corrected chi connectivity index (χ3v) is 8.39. The minimum Gasteiger partial charge on any atom is -0.465 e. The highest BCUT2D eigenvalue weighted by atomic mass is 35.5. The van der Waals surface area contributed by atoms with Gasteiger partial charge in [-0.05, 0) is 89.7 Å². The monoisotopic (exact) mass is 586 g/mol. The van der Waals surface area contributed by atoms with Crippen LogP contribution in [0.15, 0.2) is 30.5 Å². The summed E-state index contributed by atoms with van der Waals surface area (Å²) in [4.78, 5) is 37.5. The van der Waals surface area contributed by atoms with Crippen molar-refractivity contribution < 1.29 is 14.7 Å². The quantitative estimate of drug-likeness (QED) is 0.297. The van der Waals surface area contributed by atoms with Gasteiger partial charge in [-0.3, -0.25) is 9.78 Å². The van der Waals surface area contributed by atoms with Gasteiger partial charge < -0.3 is 30.0 Å². The predicted octanol–water partition coefficient (Wildman–Crippen LogP) is 5.11. The van der Waals surface area contributed by atoms with Gasteiger partial charge in [0, 0.05) is 86.6 Å². The molecule has 2 N–H and O–H groups in total. The Kier molecular flexibility index (Phi) is 11.1. The average molecular weight is 587 g/mol. The van der Waals surface area contributed by atoms with Crippen molar-refractivity contribution in [3.8, 4) is 0 Å². The van der Waals surface area contributed by atoms with Crippen LogP contribution in [0.25, 0.3) is 10.9 Å². The first-order valence-corrected chi connectivity index (χ1v) is 15.5. The van der Waals surface area contributed by atoms with Gasteiger partial charge in [0.2, 0.25) is 5.91 Å². The first-order valence-electron chi connectivity index (χ1n) is 15.1. The maximum atomic E-state index is 13.1. The normalized spacial score (nSPS) is 16.6. The molecule has 0 atom stereocenters. The Bertz CT molecular complexity index is 1160. The van der Waals surface area contributed by atoms with E-state index >= 15 is 0 Å². The zero-order valence-corrected chi connectivity index (χ0v) is 25.7. The Labute approximate surface area is 249 Å². The number of hydrogen-bond donors (Lipinski definition) is 2. The summed E-state index contributed by atoms with van der Waals surface area (Å²) in [5.41, 5.74) is 1.48. The average Bonchev–Trinajstić information content (AvgIpc) is 3.74. The molecule has 0 bridgehead atoms. The molecule has 41 heavy (non-hydrogen) atoms. The molecule has 4 rings (SSSR count).